The third kappa shape index (κ3) is 8.20. The van der Waals surface area contributed by atoms with Gasteiger partial charge in [0.05, 0.1) is 40.6 Å². The summed E-state index contributed by atoms with van der Waals surface area (Å²) in [5, 5.41) is 52.9. The Balaban J connectivity index is 1.29. The predicted molar refractivity (Wildman–Crippen MR) is 184 cm³/mol. The monoisotopic (exact) mass is 694 g/mol. The number of carbonyl (C=O) groups excluding carboxylic acids is 1. The van der Waals surface area contributed by atoms with Crippen LogP contribution >= 0.6 is 23.2 Å². The van der Waals surface area contributed by atoms with Gasteiger partial charge < -0.3 is 34.6 Å². The van der Waals surface area contributed by atoms with E-state index >= 15 is 0 Å². The van der Waals surface area contributed by atoms with E-state index in [2.05, 4.69) is 11.0 Å². The number of piperazine rings is 1. The van der Waals surface area contributed by atoms with Crippen LogP contribution in [0.4, 0.5) is 0 Å². The number of carbonyl (C=O) groups is 1. The second-order valence-corrected chi connectivity index (χ2v) is 13.1. The molecule has 12 heteroatoms. The number of furan rings is 1. The van der Waals surface area contributed by atoms with Crippen LogP contribution in [0.3, 0.4) is 0 Å². The Bertz CT molecular complexity index is 1720. The molecule has 4 N–H and O–H groups in total. The smallest absolute Gasteiger partial charge is 0.254 e. The van der Waals surface area contributed by atoms with Crippen molar-refractivity contribution in [2.45, 2.75) is 36.7 Å². The summed E-state index contributed by atoms with van der Waals surface area (Å²) < 4.78 is 5.59. The Labute approximate surface area is 289 Å². The number of nitriles is 1. The summed E-state index contributed by atoms with van der Waals surface area (Å²) in [5.41, 5.74) is 1.85. The molecular formula is C36H40Cl2N4O6. The quantitative estimate of drug-likeness (QED) is 0.161. The van der Waals surface area contributed by atoms with Crippen LogP contribution in [0.15, 0.2) is 77.4 Å². The van der Waals surface area contributed by atoms with Gasteiger partial charge in [-0.05, 0) is 65.7 Å². The van der Waals surface area contributed by atoms with Crippen molar-refractivity contribution in [1.82, 2.24) is 14.7 Å². The number of aliphatic hydroxyl groups is 4. The van der Waals surface area contributed by atoms with Crippen molar-refractivity contribution < 1.29 is 29.6 Å². The predicted octanol–water partition coefficient (Wildman–Crippen LogP) is 4.29. The Kier molecular flexibility index (Phi) is 12.1. The Morgan fingerprint density at radius 1 is 0.979 bits per heavy atom. The zero-order chi connectivity index (χ0) is 34.4. The average Bonchev–Trinajstić information content (AvgIpc) is 3.64. The van der Waals surface area contributed by atoms with Gasteiger partial charge in [-0.15, -0.1) is 0 Å². The average molecular weight is 696 g/mol. The van der Waals surface area contributed by atoms with E-state index in [1.165, 1.54) is 6.26 Å². The van der Waals surface area contributed by atoms with Crippen molar-refractivity contribution in [3.8, 4) is 6.07 Å². The molecule has 254 valence electrons. The number of nitrogens with zero attached hydrogens (tertiary/aromatic N) is 4. The van der Waals surface area contributed by atoms with Gasteiger partial charge in [-0.3, -0.25) is 9.69 Å². The number of hydrogen-bond donors (Lipinski definition) is 4. The molecular weight excluding hydrogens is 655 g/mol. The molecule has 1 amide bonds. The number of benzene rings is 3. The highest BCUT2D eigenvalue weighted by Crippen LogP contribution is 2.32. The summed E-state index contributed by atoms with van der Waals surface area (Å²) >= 11 is 12.7. The first-order valence-corrected chi connectivity index (χ1v) is 16.6. The standard InChI is InChI=1S/C36H40Cl2N4O6/c1-40(36(47)28-18-23(20-39)17-25-5-2-3-6-27(25)28)21-26(24-8-9-29(37)30(38)19-24)10-11-41-12-14-42(15-13-41)33(32-7-4-16-48-32)35(46)34(45)31(44)22-43/h2-9,16-19,26,31,33-35,43-46H,10-15,21-22H2,1H3/t26-,31-,33+,34-,35+/m1/s1. The molecule has 5 atom stereocenters. The van der Waals surface area contributed by atoms with Gasteiger partial charge in [0, 0.05) is 51.3 Å². The lowest BCUT2D eigenvalue weighted by atomic mass is 9.93. The maximum absolute atomic E-state index is 13.9. The SMILES string of the molecule is CN(C[C@@H](CCN1CCN([C@@H](c2ccco2)[C@H](O)[C@H](O)[C@H](O)CO)CC1)c1ccc(Cl)c(Cl)c1)C(=O)c1cc(C#N)cc2ccccc12. The van der Waals surface area contributed by atoms with E-state index in [0.717, 1.165) is 16.3 Å². The second-order valence-electron chi connectivity index (χ2n) is 12.3. The van der Waals surface area contributed by atoms with Crippen molar-refractivity contribution in [1.29, 1.82) is 5.26 Å². The fourth-order valence-electron chi connectivity index (χ4n) is 6.45. The molecule has 0 bridgehead atoms. The first-order valence-electron chi connectivity index (χ1n) is 15.9. The number of fused-ring (bicyclic) bond motifs is 1. The molecule has 1 aliphatic rings. The van der Waals surface area contributed by atoms with Crippen LogP contribution in [-0.2, 0) is 0 Å². The molecule has 0 saturated carbocycles. The lowest BCUT2D eigenvalue weighted by molar-refractivity contribution is -0.111. The highest BCUT2D eigenvalue weighted by atomic mass is 35.5. The van der Waals surface area contributed by atoms with Gasteiger partial charge in [0.1, 0.15) is 24.1 Å². The van der Waals surface area contributed by atoms with Crippen LogP contribution in [0.5, 0.6) is 0 Å². The number of hydrogen-bond acceptors (Lipinski definition) is 9. The topological polar surface area (TPSA) is 145 Å². The van der Waals surface area contributed by atoms with Crippen molar-refractivity contribution >= 4 is 39.9 Å². The maximum Gasteiger partial charge on any atom is 0.254 e. The summed E-state index contributed by atoms with van der Waals surface area (Å²) in [5.74, 6) is 0.198. The number of halogens is 2. The summed E-state index contributed by atoms with van der Waals surface area (Å²) in [7, 11) is 1.77. The lowest BCUT2D eigenvalue weighted by Gasteiger charge is -2.41. The van der Waals surface area contributed by atoms with Gasteiger partial charge >= 0.3 is 0 Å². The van der Waals surface area contributed by atoms with Crippen molar-refractivity contribution in [2.24, 2.45) is 0 Å². The zero-order valence-electron chi connectivity index (χ0n) is 26.6. The van der Waals surface area contributed by atoms with E-state index in [4.69, 9.17) is 27.6 Å². The largest absolute Gasteiger partial charge is 0.468 e. The molecule has 1 saturated heterocycles. The molecule has 1 fully saturated rings. The third-order valence-electron chi connectivity index (χ3n) is 9.16. The lowest BCUT2D eigenvalue weighted by Crippen LogP contribution is -2.53. The Hall–Kier alpha value is -3.50. The normalized spacial score (nSPS) is 17.4. The molecule has 3 aromatic carbocycles. The van der Waals surface area contributed by atoms with Gasteiger partial charge in [0.25, 0.3) is 5.91 Å². The van der Waals surface area contributed by atoms with E-state index in [1.807, 2.05) is 41.3 Å². The Morgan fingerprint density at radius 3 is 2.40 bits per heavy atom. The molecule has 0 radical (unpaired) electrons. The van der Waals surface area contributed by atoms with Gasteiger partial charge in [-0.25, -0.2) is 0 Å². The molecule has 4 aromatic rings. The molecule has 1 aliphatic heterocycles. The minimum Gasteiger partial charge on any atom is -0.468 e. The van der Waals surface area contributed by atoms with E-state index in [-0.39, 0.29) is 11.8 Å². The number of rotatable bonds is 13. The van der Waals surface area contributed by atoms with Gasteiger partial charge in [-0.1, -0.05) is 53.5 Å². The molecule has 5 rings (SSSR count). The van der Waals surface area contributed by atoms with E-state index in [9.17, 15) is 30.5 Å². The molecule has 2 heterocycles. The summed E-state index contributed by atoms with van der Waals surface area (Å²) in [6, 6.07) is 21.4. The van der Waals surface area contributed by atoms with Crippen LogP contribution in [0.25, 0.3) is 10.8 Å². The third-order valence-corrected chi connectivity index (χ3v) is 9.90. The van der Waals surface area contributed by atoms with Gasteiger partial charge in [0.15, 0.2) is 0 Å². The van der Waals surface area contributed by atoms with Crippen LogP contribution in [0, 0.1) is 11.3 Å². The van der Waals surface area contributed by atoms with Gasteiger partial charge in [0.2, 0.25) is 0 Å². The highest BCUT2D eigenvalue weighted by Gasteiger charge is 2.38. The van der Waals surface area contributed by atoms with Crippen molar-refractivity contribution in [2.75, 3.05) is 52.9 Å². The fraction of sp³-hybridized carbons (Fsp3) is 0.389. The Morgan fingerprint density at radius 2 is 1.73 bits per heavy atom. The number of likely N-dealkylation sites (N-methyl/N-ethyl adjacent to an activating group) is 1. The molecule has 0 spiro atoms. The van der Waals surface area contributed by atoms with E-state index in [1.54, 1.807) is 42.3 Å². The van der Waals surface area contributed by atoms with Crippen molar-refractivity contribution in [3.63, 3.8) is 0 Å². The molecule has 10 nitrogen and oxygen atoms in total. The van der Waals surface area contributed by atoms with Crippen molar-refractivity contribution in [3.05, 3.63) is 105 Å². The molecule has 1 aromatic heterocycles. The van der Waals surface area contributed by atoms with E-state index < -0.39 is 31.0 Å². The van der Waals surface area contributed by atoms with E-state index in [0.29, 0.717) is 72.6 Å². The van der Waals surface area contributed by atoms with Crippen LogP contribution < -0.4 is 0 Å². The highest BCUT2D eigenvalue weighted by molar-refractivity contribution is 6.42. The second kappa shape index (κ2) is 16.3. The zero-order valence-corrected chi connectivity index (χ0v) is 28.1. The van der Waals surface area contributed by atoms with Crippen LogP contribution in [-0.4, -0.2) is 112 Å². The molecule has 0 aliphatic carbocycles. The minimum atomic E-state index is -1.56. The fourth-order valence-corrected chi connectivity index (χ4v) is 6.76. The summed E-state index contributed by atoms with van der Waals surface area (Å²) in [6.07, 6.45) is -2.23. The van der Waals surface area contributed by atoms with Crippen LogP contribution in [0.1, 0.15) is 45.6 Å². The molecule has 0 unspecified atom stereocenters. The first kappa shape index (κ1) is 35.8. The maximum atomic E-state index is 13.9. The van der Waals surface area contributed by atoms with Gasteiger partial charge in [-0.2, -0.15) is 5.26 Å². The molecule has 48 heavy (non-hydrogen) atoms. The summed E-state index contributed by atoms with van der Waals surface area (Å²) in [4.78, 5) is 19.9. The minimum absolute atomic E-state index is 0.0787. The van der Waals surface area contributed by atoms with Crippen LogP contribution in [0.2, 0.25) is 10.0 Å². The summed E-state index contributed by atoms with van der Waals surface area (Å²) in [6.45, 7) is 2.88. The number of aliphatic hydroxyl groups excluding tert-OH is 4. The number of amides is 1. The first-order chi connectivity index (χ1) is 23.1.